The van der Waals surface area contributed by atoms with E-state index in [1.165, 1.54) is 0 Å². The number of nitrogens with one attached hydrogen (secondary N) is 1. The Morgan fingerprint density at radius 3 is 2.67 bits per heavy atom. The molecule has 0 spiro atoms. The van der Waals surface area contributed by atoms with Gasteiger partial charge in [-0.05, 0) is 49.6 Å². The van der Waals surface area contributed by atoms with Crippen molar-refractivity contribution >= 4 is 44.0 Å². The normalized spacial score (nSPS) is 15.4. The Morgan fingerprint density at radius 1 is 1.38 bits per heavy atom. The predicted octanol–water partition coefficient (Wildman–Crippen LogP) is 2.56. The number of hydrazone groups is 1. The number of amides is 1. The first-order valence-electron chi connectivity index (χ1n) is 7.45. The van der Waals surface area contributed by atoms with E-state index in [0.717, 1.165) is 27.6 Å². The van der Waals surface area contributed by atoms with Gasteiger partial charge in [0.2, 0.25) is 0 Å². The van der Waals surface area contributed by atoms with Crippen molar-refractivity contribution in [2.45, 2.75) is 0 Å². The highest BCUT2D eigenvalue weighted by atomic mass is 79.9. The molecule has 2 rings (SSSR count). The van der Waals surface area contributed by atoms with Gasteiger partial charge in [0.1, 0.15) is 12.4 Å². The van der Waals surface area contributed by atoms with Crippen LogP contribution in [0.2, 0.25) is 0 Å². The van der Waals surface area contributed by atoms with Gasteiger partial charge in [0.25, 0.3) is 5.91 Å². The first-order valence-corrected chi connectivity index (χ1v) is 9.03. The van der Waals surface area contributed by atoms with Gasteiger partial charge in [-0.2, -0.15) is 5.10 Å². The number of hydrogen-bond donors (Lipinski definition) is 1. The van der Waals surface area contributed by atoms with Crippen LogP contribution in [0.1, 0.15) is 5.56 Å². The van der Waals surface area contributed by atoms with Crippen molar-refractivity contribution < 1.29 is 14.3 Å². The summed E-state index contributed by atoms with van der Waals surface area (Å²) in [5.41, 5.74) is 3.36. The molecular formula is C16H19Br2N3O3. The predicted molar refractivity (Wildman–Crippen MR) is 101 cm³/mol. The highest BCUT2D eigenvalue weighted by molar-refractivity contribution is 9.11. The van der Waals surface area contributed by atoms with Crippen molar-refractivity contribution in [1.82, 2.24) is 10.3 Å². The van der Waals surface area contributed by atoms with Crippen LogP contribution in [0, 0.1) is 0 Å². The molecule has 130 valence electrons. The molecule has 0 atom stereocenters. The molecule has 1 aliphatic heterocycles. The molecule has 0 bridgehead atoms. The molecule has 1 saturated heterocycles. The van der Waals surface area contributed by atoms with Crippen molar-refractivity contribution in [2.75, 3.05) is 39.5 Å². The highest BCUT2D eigenvalue weighted by Gasteiger charge is 2.13. The number of rotatable bonds is 7. The summed E-state index contributed by atoms with van der Waals surface area (Å²) in [4.78, 5) is 13.9. The van der Waals surface area contributed by atoms with Crippen LogP contribution < -0.4 is 10.2 Å². The summed E-state index contributed by atoms with van der Waals surface area (Å²) < 4.78 is 12.4. The minimum Gasteiger partial charge on any atom is -0.487 e. The lowest BCUT2D eigenvalue weighted by Crippen LogP contribution is -2.42. The standard InChI is InChI=1S/C16H19Br2N3O3/c1-2-5-24-16-13(17)8-12(9-14(16)18)10-19-20-15(22)11-21-3-6-23-7-4-21/h2,8-10H,1,3-7,11H2,(H,20,22)/b19-10-. The summed E-state index contributed by atoms with van der Waals surface area (Å²) in [6.07, 6.45) is 3.27. The second-order valence-corrected chi connectivity index (χ2v) is 6.80. The van der Waals surface area contributed by atoms with Crippen molar-refractivity contribution in [3.8, 4) is 5.75 Å². The van der Waals surface area contributed by atoms with E-state index in [0.29, 0.717) is 32.1 Å². The van der Waals surface area contributed by atoms with Crippen LogP contribution in [0.15, 0.2) is 38.8 Å². The number of hydrogen-bond acceptors (Lipinski definition) is 5. The van der Waals surface area contributed by atoms with Gasteiger partial charge in [-0.25, -0.2) is 5.43 Å². The molecule has 1 heterocycles. The van der Waals surface area contributed by atoms with E-state index in [9.17, 15) is 4.79 Å². The maximum absolute atomic E-state index is 11.9. The Kier molecular flexibility index (Phi) is 7.90. The van der Waals surface area contributed by atoms with Crippen molar-refractivity contribution in [3.05, 3.63) is 39.3 Å². The average Bonchev–Trinajstić information content (AvgIpc) is 2.55. The number of carbonyl (C=O) groups is 1. The zero-order valence-electron chi connectivity index (χ0n) is 13.1. The molecule has 8 heteroatoms. The Balaban J connectivity index is 1.89. The van der Waals surface area contributed by atoms with Crippen molar-refractivity contribution in [1.29, 1.82) is 0 Å². The maximum atomic E-state index is 11.9. The van der Waals surface area contributed by atoms with Crippen LogP contribution in [0.5, 0.6) is 5.75 Å². The number of carbonyl (C=O) groups excluding carboxylic acids is 1. The smallest absolute Gasteiger partial charge is 0.254 e. The topological polar surface area (TPSA) is 63.2 Å². The monoisotopic (exact) mass is 459 g/mol. The van der Waals surface area contributed by atoms with E-state index >= 15 is 0 Å². The lowest BCUT2D eigenvalue weighted by molar-refractivity contribution is -0.123. The van der Waals surface area contributed by atoms with Gasteiger partial charge in [0, 0.05) is 13.1 Å². The third-order valence-corrected chi connectivity index (χ3v) is 4.42. The van der Waals surface area contributed by atoms with Crippen LogP contribution in [0.25, 0.3) is 0 Å². The van der Waals surface area contributed by atoms with Crippen molar-refractivity contribution in [2.24, 2.45) is 5.10 Å². The molecule has 1 aliphatic rings. The van der Waals surface area contributed by atoms with Crippen LogP contribution >= 0.6 is 31.9 Å². The minimum absolute atomic E-state index is 0.141. The Bertz CT molecular complexity index is 594. The highest BCUT2D eigenvalue weighted by Crippen LogP contribution is 2.34. The molecular weight excluding hydrogens is 442 g/mol. The molecule has 0 unspecified atom stereocenters. The zero-order valence-corrected chi connectivity index (χ0v) is 16.3. The van der Waals surface area contributed by atoms with Crippen LogP contribution in [-0.2, 0) is 9.53 Å². The van der Waals surface area contributed by atoms with Gasteiger partial charge in [-0.15, -0.1) is 0 Å². The number of morpholine rings is 1. The summed E-state index contributed by atoms with van der Waals surface area (Å²) in [7, 11) is 0. The van der Waals surface area contributed by atoms with Gasteiger partial charge in [-0.1, -0.05) is 12.7 Å². The molecule has 1 amide bonds. The Labute approximate surface area is 158 Å². The number of nitrogens with zero attached hydrogens (tertiary/aromatic N) is 2. The van der Waals surface area contributed by atoms with E-state index in [2.05, 4.69) is 49.0 Å². The second-order valence-electron chi connectivity index (χ2n) is 5.10. The van der Waals surface area contributed by atoms with E-state index in [4.69, 9.17) is 9.47 Å². The summed E-state index contributed by atoms with van der Waals surface area (Å²) >= 11 is 6.92. The van der Waals surface area contributed by atoms with E-state index in [1.54, 1.807) is 12.3 Å². The van der Waals surface area contributed by atoms with E-state index in [1.807, 2.05) is 17.0 Å². The molecule has 0 aliphatic carbocycles. The first kappa shape index (κ1) is 19.1. The fraction of sp³-hybridized carbons (Fsp3) is 0.375. The van der Waals surface area contributed by atoms with Crippen LogP contribution in [0.4, 0.5) is 0 Å². The van der Waals surface area contributed by atoms with Crippen molar-refractivity contribution in [3.63, 3.8) is 0 Å². The summed E-state index contributed by atoms with van der Waals surface area (Å²) in [5.74, 6) is 0.556. The van der Waals surface area contributed by atoms with Crippen LogP contribution in [-0.4, -0.2) is 56.5 Å². The maximum Gasteiger partial charge on any atom is 0.254 e. The quantitative estimate of drug-likeness (QED) is 0.386. The fourth-order valence-corrected chi connectivity index (χ4v) is 3.56. The molecule has 1 aromatic carbocycles. The Morgan fingerprint density at radius 2 is 2.04 bits per heavy atom. The third-order valence-electron chi connectivity index (χ3n) is 3.24. The molecule has 0 aromatic heterocycles. The van der Waals surface area contributed by atoms with Gasteiger partial charge in [0.15, 0.2) is 0 Å². The molecule has 1 fully saturated rings. The minimum atomic E-state index is -0.141. The van der Waals surface area contributed by atoms with Gasteiger partial charge >= 0.3 is 0 Å². The number of benzene rings is 1. The Hall–Kier alpha value is -1.22. The fourth-order valence-electron chi connectivity index (χ4n) is 2.11. The molecule has 1 aromatic rings. The molecule has 0 saturated carbocycles. The number of halogens is 2. The molecule has 1 N–H and O–H groups in total. The third kappa shape index (κ3) is 6.01. The molecule has 24 heavy (non-hydrogen) atoms. The molecule has 0 radical (unpaired) electrons. The lowest BCUT2D eigenvalue weighted by atomic mass is 10.2. The largest absolute Gasteiger partial charge is 0.487 e. The summed E-state index contributed by atoms with van der Waals surface area (Å²) in [6, 6.07) is 3.72. The van der Waals surface area contributed by atoms with Gasteiger partial charge < -0.3 is 9.47 Å². The second kappa shape index (κ2) is 9.93. The SMILES string of the molecule is C=CCOc1c(Br)cc(/C=N\NC(=O)CN2CCOCC2)cc1Br. The molecule has 6 nitrogen and oxygen atoms in total. The lowest BCUT2D eigenvalue weighted by Gasteiger charge is -2.25. The van der Waals surface area contributed by atoms with Crippen LogP contribution in [0.3, 0.4) is 0 Å². The van der Waals surface area contributed by atoms with Gasteiger partial charge in [0.05, 0.1) is 34.9 Å². The number of ether oxygens (including phenoxy) is 2. The van der Waals surface area contributed by atoms with E-state index < -0.39 is 0 Å². The average molecular weight is 461 g/mol. The van der Waals surface area contributed by atoms with E-state index in [-0.39, 0.29) is 5.91 Å². The summed E-state index contributed by atoms with van der Waals surface area (Å²) in [6.45, 7) is 7.23. The van der Waals surface area contributed by atoms with Gasteiger partial charge in [-0.3, -0.25) is 9.69 Å². The summed E-state index contributed by atoms with van der Waals surface area (Å²) in [5, 5.41) is 4.00. The zero-order chi connectivity index (χ0) is 17.4. The first-order chi connectivity index (χ1) is 11.6.